The Kier molecular flexibility index (Phi) is 4.27. The van der Waals surface area contributed by atoms with E-state index in [0.717, 1.165) is 0 Å². The van der Waals surface area contributed by atoms with Crippen LogP contribution in [0.5, 0.6) is 0 Å². The van der Waals surface area contributed by atoms with Crippen LogP contribution in [0.3, 0.4) is 0 Å². The van der Waals surface area contributed by atoms with Gasteiger partial charge in [-0.05, 0) is 31.2 Å². The van der Waals surface area contributed by atoms with E-state index in [-0.39, 0.29) is 24.0 Å². The van der Waals surface area contributed by atoms with E-state index in [1.165, 1.54) is 20.1 Å². The van der Waals surface area contributed by atoms with Crippen LogP contribution in [0.25, 0.3) is 0 Å². The fourth-order valence-electron chi connectivity index (χ4n) is 1.61. The van der Waals surface area contributed by atoms with E-state index < -0.39 is 0 Å². The van der Waals surface area contributed by atoms with Crippen molar-refractivity contribution >= 4 is 17.4 Å². The summed E-state index contributed by atoms with van der Waals surface area (Å²) in [6.45, 7) is 1.74. The van der Waals surface area contributed by atoms with Gasteiger partial charge in [-0.3, -0.25) is 9.59 Å². The quantitative estimate of drug-likeness (QED) is 0.846. The van der Waals surface area contributed by atoms with Crippen LogP contribution in [0.15, 0.2) is 34.9 Å². The Balaban J connectivity index is 2.04. The predicted molar refractivity (Wildman–Crippen MR) is 71.6 cm³/mol. The van der Waals surface area contributed by atoms with Gasteiger partial charge in [0, 0.05) is 24.4 Å². The maximum Gasteiger partial charge on any atom is 0.277 e. The number of rotatable bonds is 5. The van der Waals surface area contributed by atoms with Gasteiger partial charge in [0.15, 0.2) is 17.2 Å². The van der Waals surface area contributed by atoms with Crippen LogP contribution in [0, 0.1) is 0 Å². The molecule has 1 aromatic heterocycles. The maximum absolute atomic E-state index is 11.9. The van der Waals surface area contributed by atoms with Crippen LogP contribution in [0.4, 0.5) is 5.69 Å². The third-order valence-corrected chi connectivity index (χ3v) is 2.63. The summed E-state index contributed by atoms with van der Waals surface area (Å²) in [5.41, 5.74) is 1.34. The minimum Gasteiger partial charge on any atom is -0.377 e. The van der Waals surface area contributed by atoms with Gasteiger partial charge in [-0.2, -0.15) is 0 Å². The number of anilines is 1. The second-order valence-corrected chi connectivity index (χ2v) is 4.20. The van der Waals surface area contributed by atoms with Crippen LogP contribution >= 0.6 is 0 Å². The summed E-state index contributed by atoms with van der Waals surface area (Å²) in [6.07, 6.45) is 0. The molecule has 2 aromatic rings. The Labute approximate surface area is 115 Å². The zero-order chi connectivity index (χ0) is 14.5. The SMILES string of the molecule is COCc1cc(C(=O)Nc2ccc(C(C)=O)cc2)no1. The van der Waals surface area contributed by atoms with Crippen molar-refractivity contribution in [2.75, 3.05) is 12.4 Å². The molecular formula is C14H14N2O4. The monoisotopic (exact) mass is 274 g/mol. The van der Waals surface area contributed by atoms with E-state index in [1.54, 1.807) is 24.3 Å². The lowest BCUT2D eigenvalue weighted by Crippen LogP contribution is -2.12. The third kappa shape index (κ3) is 3.30. The molecule has 0 saturated carbocycles. The number of Topliss-reactive ketones (excluding diaryl/α,β-unsaturated/α-hetero) is 1. The van der Waals surface area contributed by atoms with Crippen LogP contribution in [0.2, 0.25) is 0 Å². The fourth-order valence-corrected chi connectivity index (χ4v) is 1.61. The molecule has 6 heteroatoms. The number of ether oxygens (including phenoxy) is 1. The van der Waals surface area contributed by atoms with E-state index in [2.05, 4.69) is 10.5 Å². The number of carbonyl (C=O) groups excluding carboxylic acids is 2. The summed E-state index contributed by atoms with van der Waals surface area (Å²) < 4.78 is 9.81. The van der Waals surface area contributed by atoms with Crippen molar-refractivity contribution in [1.82, 2.24) is 5.16 Å². The lowest BCUT2D eigenvalue weighted by atomic mass is 10.1. The van der Waals surface area contributed by atoms with E-state index in [9.17, 15) is 9.59 Å². The van der Waals surface area contributed by atoms with Crippen LogP contribution in [-0.2, 0) is 11.3 Å². The third-order valence-electron chi connectivity index (χ3n) is 2.63. The minimum atomic E-state index is -0.383. The van der Waals surface area contributed by atoms with Crippen LogP contribution in [0.1, 0.15) is 33.5 Å². The van der Waals surface area contributed by atoms with Crippen molar-refractivity contribution < 1.29 is 18.8 Å². The number of hydrogen-bond acceptors (Lipinski definition) is 5. The van der Waals surface area contributed by atoms with Crippen LogP contribution < -0.4 is 5.32 Å². The molecule has 0 atom stereocenters. The maximum atomic E-state index is 11.9. The van der Waals surface area contributed by atoms with Gasteiger partial charge in [0.05, 0.1) is 0 Å². The molecule has 0 aliphatic heterocycles. The second-order valence-electron chi connectivity index (χ2n) is 4.20. The molecular weight excluding hydrogens is 260 g/mol. The molecule has 0 bridgehead atoms. The van der Waals surface area contributed by atoms with E-state index in [1.807, 2.05) is 0 Å². The van der Waals surface area contributed by atoms with Crippen LogP contribution in [-0.4, -0.2) is 24.0 Å². The van der Waals surface area contributed by atoms with E-state index >= 15 is 0 Å². The molecule has 20 heavy (non-hydrogen) atoms. The topological polar surface area (TPSA) is 81.4 Å². The number of aromatic nitrogens is 1. The molecule has 104 valence electrons. The Hall–Kier alpha value is -2.47. The summed E-state index contributed by atoms with van der Waals surface area (Å²) in [7, 11) is 1.53. The Morgan fingerprint density at radius 3 is 2.60 bits per heavy atom. The highest BCUT2D eigenvalue weighted by Gasteiger charge is 2.12. The number of amides is 1. The normalized spacial score (nSPS) is 10.3. The number of ketones is 1. The molecule has 1 heterocycles. The molecule has 0 radical (unpaired) electrons. The van der Waals surface area contributed by atoms with Gasteiger partial charge in [-0.15, -0.1) is 0 Å². The van der Waals surface area contributed by atoms with E-state index in [0.29, 0.717) is 17.0 Å². The first-order valence-corrected chi connectivity index (χ1v) is 5.97. The summed E-state index contributed by atoms with van der Waals surface area (Å²) >= 11 is 0. The van der Waals surface area contributed by atoms with Crippen molar-refractivity contribution in [3.05, 3.63) is 47.3 Å². The summed E-state index contributed by atoms with van der Waals surface area (Å²) in [6, 6.07) is 8.13. The van der Waals surface area contributed by atoms with Gasteiger partial charge in [-0.1, -0.05) is 5.16 Å². The molecule has 2 rings (SSSR count). The molecule has 6 nitrogen and oxygen atoms in total. The fraction of sp³-hybridized carbons (Fsp3) is 0.214. The predicted octanol–water partition coefficient (Wildman–Crippen LogP) is 2.28. The van der Waals surface area contributed by atoms with Crippen molar-refractivity contribution in [3.8, 4) is 0 Å². The molecule has 1 N–H and O–H groups in total. The van der Waals surface area contributed by atoms with Gasteiger partial charge in [0.1, 0.15) is 6.61 Å². The first-order valence-electron chi connectivity index (χ1n) is 5.97. The van der Waals surface area contributed by atoms with Gasteiger partial charge < -0.3 is 14.6 Å². The number of carbonyl (C=O) groups is 2. The Morgan fingerprint density at radius 2 is 2.00 bits per heavy atom. The number of nitrogens with one attached hydrogen (secondary N) is 1. The highest BCUT2D eigenvalue weighted by molar-refractivity contribution is 6.03. The lowest BCUT2D eigenvalue weighted by Gasteiger charge is -2.03. The van der Waals surface area contributed by atoms with E-state index in [4.69, 9.17) is 9.26 Å². The number of hydrogen-bond donors (Lipinski definition) is 1. The molecule has 1 amide bonds. The minimum absolute atomic E-state index is 0.0245. The van der Waals surface area contributed by atoms with Crippen molar-refractivity contribution in [3.63, 3.8) is 0 Å². The second kappa shape index (κ2) is 6.12. The molecule has 0 saturated heterocycles. The first kappa shape index (κ1) is 14.0. The highest BCUT2D eigenvalue weighted by Crippen LogP contribution is 2.12. The highest BCUT2D eigenvalue weighted by atomic mass is 16.5. The van der Waals surface area contributed by atoms with Crippen molar-refractivity contribution in [1.29, 1.82) is 0 Å². The number of methoxy groups -OCH3 is 1. The average Bonchev–Trinajstić information content (AvgIpc) is 2.88. The smallest absolute Gasteiger partial charge is 0.277 e. The zero-order valence-electron chi connectivity index (χ0n) is 11.2. The average molecular weight is 274 g/mol. The van der Waals surface area contributed by atoms with Gasteiger partial charge in [0.25, 0.3) is 5.91 Å². The molecule has 0 aliphatic carbocycles. The molecule has 0 fully saturated rings. The summed E-state index contributed by atoms with van der Waals surface area (Å²) in [4.78, 5) is 23.1. The molecule has 0 spiro atoms. The molecule has 0 aliphatic rings. The largest absolute Gasteiger partial charge is 0.377 e. The Bertz CT molecular complexity index is 616. The number of benzene rings is 1. The number of nitrogens with zero attached hydrogens (tertiary/aromatic N) is 1. The first-order chi connectivity index (χ1) is 9.60. The lowest BCUT2D eigenvalue weighted by molar-refractivity contribution is 0.101. The van der Waals surface area contributed by atoms with Crippen molar-refractivity contribution in [2.24, 2.45) is 0 Å². The molecule has 0 unspecified atom stereocenters. The van der Waals surface area contributed by atoms with Crippen molar-refractivity contribution in [2.45, 2.75) is 13.5 Å². The Morgan fingerprint density at radius 1 is 1.30 bits per heavy atom. The van der Waals surface area contributed by atoms with Gasteiger partial charge >= 0.3 is 0 Å². The molecule has 1 aromatic carbocycles. The standard InChI is InChI=1S/C14H14N2O4/c1-9(17)10-3-5-11(6-4-10)15-14(18)13-7-12(8-19-2)20-16-13/h3-7H,8H2,1-2H3,(H,15,18). The summed E-state index contributed by atoms with van der Waals surface area (Å²) in [5, 5.41) is 6.32. The zero-order valence-corrected chi connectivity index (χ0v) is 11.2. The summed E-state index contributed by atoms with van der Waals surface area (Å²) in [5.74, 6) is 0.0693. The van der Waals surface area contributed by atoms with Gasteiger partial charge in [-0.25, -0.2) is 0 Å². The van der Waals surface area contributed by atoms with Gasteiger partial charge in [0.2, 0.25) is 0 Å².